The molecule has 6 heteroatoms. The minimum Gasteiger partial charge on any atom is -0.358 e. The normalized spacial score (nSPS) is 22.7. The standard InChI is InChI=1S/C15H24N4OS/c1-16-13(20)11-19-7-2-3-15(19)4-8-18(9-5-15)12-14-17-6-10-21-14/h6,10H,2-5,7-9,11-12H2,1H3,(H,16,20). The zero-order valence-electron chi connectivity index (χ0n) is 12.7. The van der Waals surface area contributed by atoms with Gasteiger partial charge < -0.3 is 5.32 Å². The molecule has 2 saturated heterocycles. The molecule has 0 atom stereocenters. The molecule has 2 aliphatic rings. The van der Waals surface area contributed by atoms with Gasteiger partial charge >= 0.3 is 0 Å². The van der Waals surface area contributed by atoms with Gasteiger partial charge in [0.05, 0.1) is 13.1 Å². The maximum Gasteiger partial charge on any atom is 0.233 e. The lowest BCUT2D eigenvalue weighted by atomic mass is 9.85. The third-order valence-electron chi connectivity index (χ3n) is 4.98. The van der Waals surface area contributed by atoms with Crippen molar-refractivity contribution >= 4 is 17.2 Å². The van der Waals surface area contributed by atoms with Crippen LogP contribution >= 0.6 is 11.3 Å². The van der Waals surface area contributed by atoms with E-state index in [1.54, 1.807) is 18.4 Å². The lowest BCUT2D eigenvalue weighted by Gasteiger charge is -2.44. The predicted molar refractivity (Wildman–Crippen MR) is 84.2 cm³/mol. The molecule has 2 aliphatic heterocycles. The molecule has 0 bridgehead atoms. The summed E-state index contributed by atoms with van der Waals surface area (Å²) >= 11 is 1.74. The molecular weight excluding hydrogens is 284 g/mol. The van der Waals surface area contributed by atoms with E-state index in [1.165, 1.54) is 30.7 Å². The van der Waals surface area contributed by atoms with Crippen molar-refractivity contribution in [2.24, 2.45) is 0 Å². The van der Waals surface area contributed by atoms with Crippen molar-refractivity contribution < 1.29 is 4.79 Å². The number of piperidine rings is 1. The fourth-order valence-corrected chi connectivity index (χ4v) is 4.37. The Kier molecular flexibility index (Phi) is 4.57. The smallest absolute Gasteiger partial charge is 0.233 e. The van der Waals surface area contributed by atoms with Crippen LogP contribution in [0.5, 0.6) is 0 Å². The molecule has 1 aromatic rings. The van der Waals surface area contributed by atoms with Crippen LogP contribution in [0.4, 0.5) is 0 Å². The van der Waals surface area contributed by atoms with E-state index in [0.717, 1.165) is 26.2 Å². The van der Waals surface area contributed by atoms with Crippen molar-refractivity contribution in [3.63, 3.8) is 0 Å². The third kappa shape index (κ3) is 3.27. The highest BCUT2D eigenvalue weighted by Crippen LogP contribution is 2.38. The first-order valence-electron chi connectivity index (χ1n) is 7.78. The molecule has 116 valence electrons. The average Bonchev–Trinajstić information content (AvgIpc) is 3.13. The summed E-state index contributed by atoms with van der Waals surface area (Å²) in [5.41, 5.74) is 0.270. The van der Waals surface area contributed by atoms with Crippen LogP contribution in [-0.4, -0.2) is 59.5 Å². The van der Waals surface area contributed by atoms with Gasteiger partial charge in [0.25, 0.3) is 0 Å². The van der Waals surface area contributed by atoms with Crippen LogP contribution in [-0.2, 0) is 11.3 Å². The zero-order valence-corrected chi connectivity index (χ0v) is 13.5. The Morgan fingerprint density at radius 3 is 2.86 bits per heavy atom. The lowest BCUT2D eigenvalue weighted by molar-refractivity contribution is -0.123. The van der Waals surface area contributed by atoms with Gasteiger partial charge in [0.1, 0.15) is 5.01 Å². The molecule has 0 unspecified atom stereocenters. The van der Waals surface area contributed by atoms with E-state index >= 15 is 0 Å². The van der Waals surface area contributed by atoms with Gasteiger partial charge in [-0.2, -0.15) is 0 Å². The van der Waals surface area contributed by atoms with Gasteiger partial charge in [-0.1, -0.05) is 0 Å². The Labute approximate surface area is 130 Å². The van der Waals surface area contributed by atoms with Gasteiger partial charge in [-0.05, 0) is 32.2 Å². The third-order valence-corrected chi connectivity index (χ3v) is 5.75. The van der Waals surface area contributed by atoms with E-state index in [9.17, 15) is 4.79 Å². The Bertz CT molecular complexity index is 468. The second-order valence-corrected chi connectivity index (χ2v) is 7.10. The van der Waals surface area contributed by atoms with Crippen molar-refractivity contribution in [2.45, 2.75) is 37.8 Å². The Morgan fingerprint density at radius 1 is 1.38 bits per heavy atom. The van der Waals surface area contributed by atoms with E-state index < -0.39 is 0 Å². The maximum absolute atomic E-state index is 11.7. The first-order valence-corrected chi connectivity index (χ1v) is 8.66. The van der Waals surface area contributed by atoms with Crippen molar-refractivity contribution in [2.75, 3.05) is 33.2 Å². The highest BCUT2D eigenvalue weighted by atomic mass is 32.1. The van der Waals surface area contributed by atoms with E-state index in [-0.39, 0.29) is 11.4 Å². The number of hydrogen-bond donors (Lipinski definition) is 1. The highest BCUT2D eigenvalue weighted by molar-refractivity contribution is 7.09. The predicted octanol–water partition coefficient (Wildman–Crippen LogP) is 1.32. The fourth-order valence-electron chi connectivity index (χ4n) is 3.71. The summed E-state index contributed by atoms with van der Waals surface area (Å²) in [6.45, 7) is 4.83. The number of nitrogens with zero attached hydrogens (tertiary/aromatic N) is 3. The Hall–Kier alpha value is -0.980. The number of carbonyl (C=O) groups excluding carboxylic acids is 1. The van der Waals surface area contributed by atoms with E-state index in [4.69, 9.17) is 0 Å². The maximum atomic E-state index is 11.7. The number of amides is 1. The van der Waals surface area contributed by atoms with Gasteiger partial charge in [0, 0.05) is 37.3 Å². The van der Waals surface area contributed by atoms with Crippen LogP contribution in [0.25, 0.3) is 0 Å². The SMILES string of the molecule is CNC(=O)CN1CCCC12CCN(Cc1nccs1)CC2. The molecule has 1 amide bonds. The molecule has 1 spiro atoms. The second-order valence-electron chi connectivity index (χ2n) is 6.12. The number of hydrogen-bond acceptors (Lipinski definition) is 5. The molecule has 0 radical (unpaired) electrons. The van der Waals surface area contributed by atoms with Crippen LogP contribution in [0.3, 0.4) is 0 Å². The molecule has 21 heavy (non-hydrogen) atoms. The van der Waals surface area contributed by atoms with Crippen molar-refractivity contribution in [3.05, 3.63) is 16.6 Å². The average molecular weight is 308 g/mol. The molecule has 5 nitrogen and oxygen atoms in total. The van der Waals surface area contributed by atoms with Crippen LogP contribution in [0.15, 0.2) is 11.6 Å². The van der Waals surface area contributed by atoms with Gasteiger partial charge in [0.15, 0.2) is 0 Å². The summed E-state index contributed by atoms with van der Waals surface area (Å²) < 4.78 is 0. The van der Waals surface area contributed by atoms with Gasteiger partial charge in [-0.3, -0.25) is 14.6 Å². The highest BCUT2D eigenvalue weighted by Gasteiger charge is 2.43. The number of nitrogens with one attached hydrogen (secondary N) is 1. The van der Waals surface area contributed by atoms with E-state index in [0.29, 0.717) is 6.54 Å². The molecule has 3 heterocycles. The van der Waals surface area contributed by atoms with Gasteiger partial charge in [-0.15, -0.1) is 11.3 Å². The Balaban J connectivity index is 1.57. The van der Waals surface area contributed by atoms with Crippen LogP contribution in [0, 0.1) is 0 Å². The van der Waals surface area contributed by atoms with E-state index in [2.05, 4.69) is 20.1 Å². The van der Waals surface area contributed by atoms with Crippen molar-refractivity contribution in [1.82, 2.24) is 20.1 Å². The topological polar surface area (TPSA) is 48.5 Å². The zero-order chi connectivity index (χ0) is 14.7. The molecule has 0 aromatic carbocycles. The number of aromatic nitrogens is 1. The summed E-state index contributed by atoms with van der Waals surface area (Å²) in [5, 5.41) is 6.01. The second kappa shape index (κ2) is 6.42. The molecular formula is C15H24N4OS. The summed E-state index contributed by atoms with van der Waals surface area (Å²) in [6.07, 6.45) is 6.71. The minimum atomic E-state index is 0.140. The van der Waals surface area contributed by atoms with Crippen LogP contribution in [0.1, 0.15) is 30.7 Å². The summed E-state index contributed by atoms with van der Waals surface area (Å²) in [7, 11) is 1.72. The molecule has 1 aromatic heterocycles. The fraction of sp³-hybridized carbons (Fsp3) is 0.733. The van der Waals surface area contributed by atoms with Gasteiger partial charge in [-0.25, -0.2) is 4.98 Å². The number of carbonyl (C=O) groups is 1. The number of thiazole rings is 1. The quantitative estimate of drug-likeness (QED) is 0.911. The van der Waals surface area contributed by atoms with Crippen molar-refractivity contribution in [3.8, 4) is 0 Å². The molecule has 1 N–H and O–H groups in total. The minimum absolute atomic E-state index is 0.140. The largest absolute Gasteiger partial charge is 0.358 e. The van der Waals surface area contributed by atoms with Crippen LogP contribution in [0.2, 0.25) is 0 Å². The van der Waals surface area contributed by atoms with Crippen LogP contribution < -0.4 is 5.32 Å². The molecule has 0 saturated carbocycles. The monoisotopic (exact) mass is 308 g/mol. The molecule has 3 rings (SSSR count). The lowest BCUT2D eigenvalue weighted by Crippen LogP contribution is -2.54. The van der Waals surface area contributed by atoms with Crippen molar-refractivity contribution in [1.29, 1.82) is 0 Å². The van der Waals surface area contributed by atoms with E-state index in [1.807, 2.05) is 11.6 Å². The summed E-state index contributed by atoms with van der Waals surface area (Å²) in [5.74, 6) is 0.140. The Morgan fingerprint density at radius 2 is 2.19 bits per heavy atom. The number of likely N-dealkylation sites (N-methyl/N-ethyl adjacent to an activating group) is 1. The first-order chi connectivity index (χ1) is 10.2. The first kappa shape index (κ1) is 14.9. The molecule has 0 aliphatic carbocycles. The summed E-state index contributed by atoms with van der Waals surface area (Å²) in [4.78, 5) is 21.0. The molecule has 2 fully saturated rings. The number of rotatable bonds is 4. The number of likely N-dealkylation sites (tertiary alicyclic amines) is 2. The summed E-state index contributed by atoms with van der Waals surface area (Å²) in [6, 6.07) is 0. The van der Waals surface area contributed by atoms with Gasteiger partial charge in [0.2, 0.25) is 5.91 Å².